The monoisotopic (exact) mass is 299 g/mol. The van der Waals surface area contributed by atoms with Gasteiger partial charge in [-0.25, -0.2) is 33.5 Å². The molecule has 1 aromatic rings. The van der Waals surface area contributed by atoms with Crippen molar-refractivity contribution >= 4 is 0 Å². The Hall–Kier alpha value is -1.34. The van der Waals surface area contributed by atoms with Gasteiger partial charge in [0.05, 0.1) is 24.2 Å². The van der Waals surface area contributed by atoms with Gasteiger partial charge in [0.1, 0.15) is 0 Å². The fourth-order valence-corrected chi connectivity index (χ4v) is 8.83. The zero-order chi connectivity index (χ0) is 14.3. The highest BCUT2D eigenvalue weighted by molar-refractivity contribution is 5.45. The summed E-state index contributed by atoms with van der Waals surface area (Å²) in [7, 11) is 1.64. The Bertz CT molecular complexity index is 869. The summed E-state index contributed by atoms with van der Waals surface area (Å²) in [5.41, 5.74) is 0.423. The van der Waals surface area contributed by atoms with E-state index in [2.05, 4.69) is 10.0 Å². The minimum absolute atomic E-state index is 0.0867. The molecule has 2 saturated carbocycles. The highest BCUT2D eigenvalue weighted by Crippen LogP contribution is 2.89. The molecule has 0 N–H and O–H groups in total. The second kappa shape index (κ2) is 2.38. The van der Waals surface area contributed by atoms with Gasteiger partial charge in [0, 0.05) is 30.0 Å². The first-order valence-electron chi connectivity index (χ1n) is 8.63. The number of hydrogen-bond donors (Lipinski definition) is 0. The molecule has 0 radical (unpaired) electrons. The molecule has 7 nitrogen and oxygen atoms in total. The van der Waals surface area contributed by atoms with Crippen molar-refractivity contribution in [1.82, 2.24) is 23.9 Å². The fraction of sp³-hybridized carbons (Fsp3) is 0.867. The summed E-state index contributed by atoms with van der Waals surface area (Å²) in [6.45, 7) is 0. The van der Waals surface area contributed by atoms with Crippen LogP contribution >= 0.6 is 0 Å². The number of nitrogens with zero attached hydrogens (tertiary/aromatic N) is 5. The number of rotatable bonds is 0. The first-order valence-corrected chi connectivity index (χ1v) is 8.63. The molecule has 6 fully saturated rings. The Balaban J connectivity index is 1.62. The van der Waals surface area contributed by atoms with Crippen LogP contribution in [0.4, 0.5) is 0 Å². The zero-order valence-corrected chi connectivity index (χ0v) is 12.3. The molecule has 0 aromatic carbocycles. The molecule has 8 aliphatic rings. The molecule has 6 aliphatic heterocycles. The van der Waals surface area contributed by atoms with Crippen molar-refractivity contribution in [2.45, 2.75) is 61.9 Å². The Morgan fingerprint density at radius 3 is 1.73 bits per heavy atom. The van der Waals surface area contributed by atoms with Crippen LogP contribution in [0.1, 0.15) is 37.8 Å². The highest BCUT2D eigenvalue weighted by atomic mass is 16.2. The van der Waals surface area contributed by atoms with E-state index in [1.165, 1.54) is 30.3 Å². The zero-order valence-electron chi connectivity index (χ0n) is 12.3. The highest BCUT2D eigenvalue weighted by Gasteiger charge is 2.96. The average Bonchev–Trinajstić information content (AvgIpc) is 2.99. The van der Waals surface area contributed by atoms with Crippen LogP contribution in [-0.2, 0) is 7.05 Å². The molecule has 0 amide bonds. The van der Waals surface area contributed by atoms with Gasteiger partial charge in [-0.1, -0.05) is 0 Å². The SMILES string of the molecule is Cn1c(=O)n2n(c1=O)[C@@H]1[C@@H]3[C@@H]4[C@H]2[C@]25CC[C@]12[C@H]1CC[C@@H]5N4N31. The van der Waals surface area contributed by atoms with Gasteiger partial charge < -0.3 is 0 Å². The van der Waals surface area contributed by atoms with Crippen molar-refractivity contribution in [3.05, 3.63) is 21.0 Å². The maximum absolute atomic E-state index is 12.7. The van der Waals surface area contributed by atoms with E-state index in [-0.39, 0.29) is 23.5 Å². The van der Waals surface area contributed by atoms with Crippen LogP contribution in [-0.4, -0.2) is 48.1 Å². The Labute approximate surface area is 125 Å². The average molecular weight is 299 g/mol. The van der Waals surface area contributed by atoms with Crippen LogP contribution in [0.3, 0.4) is 0 Å². The lowest BCUT2D eigenvalue weighted by atomic mass is 9.35. The quantitative estimate of drug-likeness (QED) is 0.620. The van der Waals surface area contributed by atoms with Crippen LogP contribution < -0.4 is 11.4 Å². The third-order valence-corrected chi connectivity index (χ3v) is 9.02. The molecule has 2 aliphatic carbocycles. The van der Waals surface area contributed by atoms with E-state index < -0.39 is 0 Å². The molecule has 8 atom stereocenters. The summed E-state index contributed by atoms with van der Waals surface area (Å²) in [5.74, 6) is 0. The molecule has 2 spiro atoms. The van der Waals surface area contributed by atoms with Crippen LogP contribution in [0.25, 0.3) is 0 Å². The summed E-state index contributed by atoms with van der Waals surface area (Å²) in [6.07, 6.45) is 5.11. The maximum atomic E-state index is 12.7. The van der Waals surface area contributed by atoms with Gasteiger partial charge in [0.2, 0.25) is 0 Å². The van der Waals surface area contributed by atoms with Crippen molar-refractivity contribution in [3.8, 4) is 0 Å². The minimum atomic E-state index is -0.0867. The van der Waals surface area contributed by atoms with E-state index in [0.29, 0.717) is 35.0 Å². The van der Waals surface area contributed by atoms with Crippen molar-refractivity contribution in [3.63, 3.8) is 0 Å². The van der Waals surface area contributed by atoms with E-state index in [1.807, 2.05) is 9.36 Å². The van der Waals surface area contributed by atoms with Gasteiger partial charge in [0.15, 0.2) is 0 Å². The summed E-state index contributed by atoms with van der Waals surface area (Å²) in [6, 6.07) is 2.77. The predicted octanol–water partition coefficient (Wildman–Crippen LogP) is -0.947. The first kappa shape index (κ1) is 10.4. The normalized spacial score (nSPS) is 60.6. The maximum Gasteiger partial charge on any atom is 0.347 e. The van der Waals surface area contributed by atoms with Crippen molar-refractivity contribution in [2.75, 3.05) is 0 Å². The standard InChI is InChI=1S/C15H17N5O2/c1-16-12(21)19-10-8-9-11(20(19)13(16)22)15-5-4-14(10,15)6-2-3-7(15)18(9)17(6)8/h6-11H,2-5H2,1H3/t6-,7+,8+,9-,10-,11+,14+,15-. The second-order valence-corrected chi connectivity index (χ2v) is 8.63. The van der Waals surface area contributed by atoms with Crippen molar-refractivity contribution in [1.29, 1.82) is 0 Å². The topological polar surface area (TPSA) is 55.4 Å². The molecule has 114 valence electrons. The van der Waals surface area contributed by atoms with E-state index in [0.717, 1.165) is 0 Å². The van der Waals surface area contributed by atoms with Gasteiger partial charge in [-0.15, -0.1) is 0 Å². The molecule has 4 saturated heterocycles. The number of hydrogen-bond acceptors (Lipinski definition) is 4. The molecule has 22 heavy (non-hydrogen) atoms. The van der Waals surface area contributed by atoms with Crippen LogP contribution in [0, 0.1) is 10.8 Å². The van der Waals surface area contributed by atoms with Crippen LogP contribution in [0.5, 0.6) is 0 Å². The molecule has 7 heteroatoms. The van der Waals surface area contributed by atoms with Crippen LogP contribution in [0.2, 0.25) is 0 Å². The lowest BCUT2D eigenvalue weighted by Gasteiger charge is -2.72. The lowest BCUT2D eigenvalue weighted by molar-refractivity contribution is -0.286. The Morgan fingerprint density at radius 2 is 1.32 bits per heavy atom. The third kappa shape index (κ3) is 0.542. The summed E-state index contributed by atoms with van der Waals surface area (Å²) in [4.78, 5) is 25.5. The van der Waals surface area contributed by atoms with Crippen molar-refractivity contribution < 1.29 is 0 Å². The fourth-order valence-electron chi connectivity index (χ4n) is 8.83. The van der Waals surface area contributed by atoms with Gasteiger partial charge in [-0.2, -0.15) is 0 Å². The largest absolute Gasteiger partial charge is 0.347 e. The number of fused-ring (bicyclic) bond motifs is 1. The number of aromatic nitrogens is 3. The molecule has 4 bridgehead atoms. The molecule has 0 unspecified atom stereocenters. The smallest absolute Gasteiger partial charge is 0.246 e. The van der Waals surface area contributed by atoms with Crippen LogP contribution in [0.15, 0.2) is 9.59 Å². The second-order valence-electron chi connectivity index (χ2n) is 8.63. The molecular formula is C15H17N5O2. The van der Waals surface area contributed by atoms with Gasteiger partial charge >= 0.3 is 11.4 Å². The van der Waals surface area contributed by atoms with E-state index in [9.17, 15) is 9.59 Å². The third-order valence-electron chi connectivity index (χ3n) is 9.02. The minimum Gasteiger partial charge on any atom is -0.246 e. The molecular weight excluding hydrogens is 282 g/mol. The molecule has 7 heterocycles. The first-order chi connectivity index (χ1) is 10.7. The lowest BCUT2D eigenvalue weighted by Crippen LogP contribution is -2.77. The van der Waals surface area contributed by atoms with E-state index in [4.69, 9.17) is 0 Å². The summed E-state index contributed by atoms with van der Waals surface area (Å²) in [5, 5.41) is 5.29. The summed E-state index contributed by atoms with van der Waals surface area (Å²) < 4.78 is 5.12. The summed E-state index contributed by atoms with van der Waals surface area (Å²) >= 11 is 0. The van der Waals surface area contributed by atoms with Gasteiger partial charge in [0.25, 0.3) is 0 Å². The van der Waals surface area contributed by atoms with E-state index in [1.54, 1.807) is 7.05 Å². The molecule has 1 aromatic heterocycles. The number of hydrazine groups is 1. The van der Waals surface area contributed by atoms with Gasteiger partial charge in [-0.3, -0.25) is 0 Å². The van der Waals surface area contributed by atoms with Crippen molar-refractivity contribution in [2.24, 2.45) is 17.9 Å². The molecule has 9 rings (SSSR count). The predicted molar refractivity (Wildman–Crippen MR) is 74.2 cm³/mol. The van der Waals surface area contributed by atoms with Gasteiger partial charge in [-0.05, 0) is 25.7 Å². The van der Waals surface area contributed by atoms with E-state index >= 15 is 0 Å². The Morgan fingerprint density at radius 1 is 0.864 bits per heavy atom. The Kier molecular flexibility index (Phi) is 1.13.